The van der Waals surface area contributed by atoms with Gasteiger partial charge in [-0.2, -0.15) is 4.31 Å². The number of nitro benzene ring substituents is 1. The molecule has 1 unspecified atom stereocenters. The summed E-state index contributed by atoms with van der Waals surface area (Å²) < 4.78 is 32.1. The largest absolute Gasteiger partial charge is 0.366 e. The van der Waals surface area contributed by atoms with E-state index in [2.05, 4.69) is 5.32 Å². The highest BCUT2D eigenvalue weighted by Gasteiger charge is 2.33. The number of carbonyl (C=O) groups is 1. The molecule has 2 fully saturated rings. The molecule has 26 heavy (non-hydrogen) atoms. The average molecular weight is 384 g/mol. The number of sulfonamides is 1. The molecule has 11 heteroatoms. The van der Waals surface area contributed by atoms with Gasteiger partial charge in [0.1, 0.15) is 6.10 Å². The van der Waals surface area contributed by atoms with Crippen LogP contribution in [0.3, 0.4) is 0 Å². The Hall–Kier alpha value is -2.08. The first-order chi connectivity index (χ1) is 12.4. The van der Waals surface area contributed by atoms with Crippen LogP contribution in [0.2, 0.25) is 0 Å². The van der Waals surface area contributed by atoms with Crippen LogP contribution in [0, 0.1) is 10.1 Å². The van der Waals surface area contributed by atoms with E-state index in [-0.39, 0.29) is 42.7 Å². The van der Waals surface area contributed by atoms with E-state index >= 15 is 0 Å². The molecule has 3 rings (SSSR count). The van der Waals surface area contributed by atoms with Crippen LogP contribution in [0.15, 0.2) is 29.2 Å². The topological polar surface area (TPSA) is 122 Å². The van der Waals surface area contributed by atoms with E-state index in [1.54, 1.807) is 4.90 Å². The molecule has 1 aromatic carbocycles. The Balaban J connectivity index is 1.66. The number of nitro groups is 1. The van der Waals surface area contributed by atoms with Crippen molar-refractivity contribution in [2.45, 2.75) is 11.0 Å². The van der Waals surface area contributed by atoms with Crippen molar-refractivity contribution in [3.63, 3.8) is 0 Å². The van der Waals surface area contributed by atoms with Gasteiger partial charge in [0.15, 0.2) is 0 Å². The number of nitrogens with one attached hydrogen (secondary N) is 1. The van der Waals surface area contributed by atoms with Crippen LogP contribution in [-0.2, 0) is 19.6 Å². The normalized spacial score (nSPS) is 22.2. The van der Waals surface area contributed by atoms with Gasteiger partial charge in [-0.05, 0) is 6.07 Å². The highest BCUT2D eigenvalue weighted by molar-refractivity contribution is 7.89. The summed E-state index contributed by atoms with van der Waals surface area (Å²) in [5.74, 6) is -0.149. The van der Waals surface area contributed by atoms with Crippen molar-refractivity contribution < 1.29 is 22.9 Å². The molecule has 2 saturated heterocycles. The predicted octanol–water partition coefficient (Wildman–Crippen LogP) is -0.584. The van der Waals surface area contributed by atoms with Gasteiger partial charge < -0.3 is 15.0 Å². The fourth-order valence-corrected chi connectivity index (χ4v) is 4.45. The summed E-state index contributed by atoms with van der Waals surface area (Å²) in [5.41, 5.74) is -0.276. The zero-order chi connectivity index (χ0) is 18.7. The van der Waals surface area contributed by atoms with Crippen LogP contribution in [0.1, 0.15) is 0 Å². The second-order valence-electron chi connectivity index (χ2n) is 6.05. The Morgan fingerprint density at radius 3 is 2.62 bits per heavy atom. The minimum atomic E-state index is -3.84. The molecule has 2 heterocycles. The Kier molecular flexibility index (Phi) is 5.51. The van der Waals surface area contributed by atoms with Crippen molar-refractivity contribution in [1.29, 1.82) is 0 Å². The van der Waals surface area contributed by atoms with Crippen LogP contribution >= 0.6 is 0 Å². The lowest BCUT2D eigenvalue weighted by molar-refractivity contribution is -0.385. The zero-order valence-corrected chi connectivity index (χ0v) is 14.9. The molecular formula is C15H20N4O6S. The molecule has 1 atom stereocenters. The Morgan fingerprint density at radius 2 is 2.00 bits per heavy atom. The molecule has 0 aromatic heterocycles. The summed E-state index contributed by atoms with van der Waals surface area (Å²) in [7, 11) is -3.84. The number of nitrogens with zero attached hydrogens (tertiary/aromatic N) is 3. The number of piperazine rings is 1. The molecular weight excluding hydrogens is 364 g/mol. The number of morpholine rings is 1. The zero-order valence-electron chi connectivity index (χ0n) is 14.0. The summed E-state index contributed by atoms with van der Waals surface area (Å²) in [4.78, 5) is 24.1. The lowest BCUT2D eigenvalue weighted by atomic mass is 10.2. The Labute approximate surface area is 150 Å². The van der Waals surface area contributed by atoms with Crippen molar-refractivity contribution >= 4 is 21.6 Å². The molecule has 142 valence electrons. The number of non-ortho nitro benzene ring substituents is 1. The molecule has 1 N–H and O–H groups in total. The highest BCUT2D eigenvalue weighted by atomic mass is 32.2. The van der Waals surface area contributed by atoms with Gasteiger partial charge in [0.25, 0.3) is 11.6 Å². The third-order valence-electron chi connectivity index (χ3n) is 4.42. The third-order valence-corrected chi connectivity index (χ3v) is 6.31. The highest BCUT2D eigenvalue weighted by Crippen LogP contribution is 2.22. The van der Waals surface area contributed by atoms with Gasteiger partial charge in [0.2, 0.25) is 10.0 Å². The van der Waals surface area contributed by atoms with Crippen molar-refractivity contribution in [1.82, 2.24) is 14.5 Å². The van der Waals surface area contributed by atoms with Gasteiger partial charge in [-0.3, -0.25) is 14.9 Å². The van der Waals surface area contributed by atoms with Crippen LogP contribution in [-0.4, -0.2) is 80.4 Å². The summed E-state index contributed by atoms with van der Waals surface area (Å²) in [6.07, 6.45) is -0.538. The van der Waals surface area contributed by atoms with E-state index in [0.717, 1.165) is 6.07 Å². The summed E-state index contributed by atoms with van der Waals surface area (Å²) in [6.45, 7) is 2.41. The summed E-state index contributed by atoms with van der Waals surface area (Å²) >= 11 is 0. The first-order valence-electron chi connectivity index (χ1n) is 8.25. The predicted molar refractivity (Wildman–Crippen MR) is 91.0 cm³/mol. The molecule has 1 amide bonds. The van der Waals surface area contributed by atoms with E-state index in [1.807, 2.05) is 0 Å². The number of hydrogen-bond acceptors (Lipinski definition) is 7. The first-order valence-corrected chi connectivity index (χ1v) is 9.69. The molecule has 0 spiro atoms. The van der Waals surface area contributed by atoms with Crippen LogP contribution in [0.5, 0.6) is 0 Å². The van der Waals surface area contributed by atoms with E-state index in [1.165, 1.54) is 22.5 Å². The lowest BCUT2D eigenvalue weighted by Gasteiger charge is -2.36. The third kappa shape index (κ3) is 3.85. The van der Waals surface area contributed by atoms with E-state index < -0.39 is 21.1 Å². The van der Waals surface area contributed by atoms with Gasteiger partial charge in [-0.1, -0.05) is 6.07 Å². The molecule has 10 nitrogen and oxygen atoms in total. The van der Waals surface area contributed by atoms with E-state index in [4.69, 9.17) is 4.74 Å². The number of ether oxygens (including phenoxy) is 1. The average Bonchev–Trinajstić information content (AvgIpc) is 2.68. The fraction of sp³-hybridized carbons (Fsp3) is 0.533. The monoisotopic (exact) mass is 384 g/mol. The van der Waals surface area contributed by atoms with Crippen LogP contribution < -0.4 is 5.32 Å². The molecule has 0 bridgehead atoms. The van der Waals surface area contributed by atoms with Gasteiger partial charge >= 0.3 is 0 Å². The van der Waals surface area contributed by atoms with Gasteiger partial charge in [0.05, 0.1) is 16.4 Å². The second-order valence-corrected chi connectivity index (χ2v) is 7.99. The fourth-order valence-electron chi connectivity index (χ4n) is 2.98. The minimum absolute atomic E-state index is 0.119. The molecule has 0 saturated carbocycles. The quantitative estimate of drug-likeness (QED) is 0.544. The van der Waals surface area contributed by atoms with Crippen LogP contribution in [0.4, 0.5) is 5.69 Å². The number of amides is 1. The maximum Gasteiger partial charge on any atom is 0.270 e. The number of rotatable bonds is 4. The van der Waals surface area contributed by atoms with Crippen molar-refractivity contribution in [2.24, 2.45) is 0 Å². The summed E-state index contributed by atoms with van der Waals surface area (Å²) in [5, 5.41) is 14.0. The van der Waals surface area contributed by atoms with E-state index in [0.29, 0.717) is 19.7 Å². The minimum Gasteiger partial charge on any atom is -0.366 e. The van der Waals surface area contributed by atoms with Crippen LogP contribution in [0.25, 0.3) is 0 Å². The number of hydrogen-bond donors (Lipinski definition) is 1. The molecule has 2 aliphatic heterocycles. The van der Waals surface area contributed by atoms with Gasteiger partial charge in [-0.15, -0.1) is 0 Å². The second kappa shape index (κ2) is 7.66. The SMILES string of the molecule is O=C(C1CNCCO1)N1CCN(S(=O)(=O)c2cccc([N+](=O)[O-])c2)CC1. The Morgan fingerprint density at radius 1 is 1.27 bits per heavy atom. The first kappa shape index (κ1) is 18.7. The Bertz CT molecular complexity index is 785. The molecule has 0 radical (unpaired) electrons. The maximum absolute atomic E-state index is 12.7. The van der Waals surface area contributed by atoms with Gasteiger partial charge in [-0.25, -0.2) is 8.42 Å². The van der Waals surface area contributed by atoms with Gasteiger partial charge in [0, 0.05) is 51.4 Å². The van der Waals surface area contributed by atoms with Crippen molar-refractivity contribution in [3.05, 3.63) is 34.4 Å². The number of benzene rings is 1. The lowest BCUT2D eigenvalue weighted by Crippen LogP contribution is -2.55. The molecule has 0 aliphatic carbocycles. The van der Waals surface area contributed by atoms with Crippen molar-refractivity contribution in [3.8, 4) is 0 Å². The number of carbonyl (C=O) groups excluding carboxylic acids is 1. The standard InChI is InChI=1S/C15H20N4O6S/c20-15(14-11-16-4-9-25-14)17-5-7-18(8-6-17)26(23,24)13-3-1-2-12(10-13)19(21)22/h1-3,10,14,16H,4-9,11H2. The maximum atomic E-state index is 12.7. The molecule has 1 aromatic rings. The smallest absolute Gasteiger partial charge is 0.270 e. The van der Waals surface area contributed by atoms with E-state index in [9.17, 15) is 23.3 Å². The molecule has 2 aliphatic rings. The van der Waals surface area contributed by atoms with Crippen molar-refractivity contribution in [2.75, 3.05) is 45.9 Å². The summed E-state index contributed by atoms with van der Waals surface area (Å²) in [6, 6.07) is 4.97.